The third-order valence-corrected chi connectivity index (χ3v) is 5.67. The van der Waals surface area contributed by atoms with Crippen molar-refractivity contribution in [2.24, 2.45) is 0 Å². The first-order valence-corrected chi connectivity index (χ1v) is 9.65. The summed E-state index contributed by atoms with van der Waals surface area (Å²) in [6.07, 6.45) is 1.66. The Morgan fingerprint density at radius 2 is 1.72 bits per heavy atom. The first kappa shape index (κ1) is 17.6. The van der Waals surface area contributed by atoms with Crippen LogP contribution in [0.5, 0.6) is 17.2 Å². The fraction of sp³-hybridized carbons (Fsp3) is 0.208. The van der Waals surface area contributed by atoms with Gasteiger partial charge >= 0.3 is 0 Å². The highest BCUT2D eigenvalue weighted by Gasteiger charge is 2.51. The lowest BCUT2D eigenvalue weighted by Crippen LogP contribution is -2.27. The van der Waals surface area contributed by atoms with Crippen molar-refractivity contribution in [3.63, 3.8) is 0 Å². The van der Waals surface area contributed by atoms with Gasteiger partial charge in [-0.25, -0.2) is 0 Å². The van der Waals surface area contributed by atoms with Gasteiger partial charge in [0.2, 0.25) is 12.7 Å². The molecule has 5 nitrogen and oxygen atoms in total. The van der Waals surface area contributed by atoms with Gasteiger partial charge in [0.15, 0.2) is 11.5 Å². The van der Waals surface area contributed by atoms with Crippen molar-refractivity contribution in [2.75, 3.05) is 19.2 Å². The maximum atomic E-state index is 13.0. The average Bonchev–Trinajstić information content (AvgIpc) is 3.45. The Morgan fingerprint density at radius 3 is 2.48 bits per heavy atom. The van der Waals surface area contributed by atoms with Gasteiger partial charge in [0.25, 0.3) is 0 Å². The molecule has 1 amide bonds. The van der Waals surface area contributed by atoms with Crippen LogP contribution in [-0.4, -0.2) is 19.8 Å². The average molecular weight is 387 g/mol. The van der Waals surface area contributed by atoms with Gasteiger partial charge < -0.3 is 19.5 Å². The second-order valence-corrected chi connectivity index (χ2v) is 7.38. The molecule has 1 heterocycles. The highest BCUT2D eigenvalue weighted by molar-refractivity contribution is 6.01. The summed E-state index contributed by atoms with van der Waals surface area (Å²) >= 11 is 0. The molecule has 5 heteroatoms. The summed E-state index contributed by atoms with van der Waals surface area (Å²) in [5.74, 6) is 2.28. The molecule has 1 fully saturated rings. The van der Waals surface area contributed by atoms with Crippen molar-refractivity contribution in [1.29, 1.82) is 0 Å². The number of anilines is 1. The molecule has 0 saturated heterocycles. The Bertz CT molecular complexity index is 1070. The van der Waals surface area contributed by atoms with E-state index in [1.165, 1.54) is 0 Å². The number of hydrogen-bond acceptors (Lipinski definition) is 4. The minimum atomic E-state index is -0.484. The van der Waals surface area contributed by atoms with Crippen molar-refractivity contribution in [2.45, 2.75) is 18.3 Å². The van der Waals surface area contributed by atoms with E-state index in [2.05, 4.69) is 5.32 Å². The van der Waals surface area contributed by atoms with E-state index in [4.69, 9.17) is 14.2 Å². The summed E-state index contributed by atoms with van der Waals surface area (Å²) in [6.45, 7) is 0.233. The molecule has 0 radical (unpaired) electrons. The number of amides is 1. The third-order valence-electron chi connectivity index (χ3n) is 5.67. The predicted molar refractivity (Wildman–Crippen MR) is 111 cm³/mol. The van der Waals surface area contributed by atoms with Crippen LogP contribution in [0.4, 0.5) is 5.69 Å². The molecule has 1 N–H and O–H groups in total. The molecule has 3 aromatic carbocycles. The molecule has 1 aliphatic heterocycles. The Kier molecular flexibility index (Phi) is 4.16. The van der Waals surface area contributed by atoms with E-state index in [0.29, 0.717) is 5.75 Å². The SMILES string of the molecule is COc1ccccc1-c1ccc(NC(=O)C2(c3ccc4c(c3)OCO4)CC2)cc1. The molecular formula is C24H21NO4. The fourth-order valence-electron chi connectivity index (χ4n) is 3.83. The molecule has 2 aliphatic rings. The van der Waals surface area contributed by atoms with Crippen LogP contribution >= 0.6 is 0 Å². The summed E-state index contributed by atoms with van der Waals surface area (Å²) in [6, 6.07) is 21.5. The van der Waals surface area contributed by atoms with Crippen molar-refractivity contribution >= 4 is 11.6 Å². The first-order valence-electron chi connectivity index (χ1n) is 9.65. The molecule has 29 heavy (non-hydrogen) atoms. The van der Waals surface area contributed by atoms with E-state index in [1.807, 2.05) is 66.7 Å². The minimum absolute atomic E-state index is 0.0152. The van der Waals surface area contributed by atoms with Crippen molar-refractivity contribution < 1.29 is 19.0 Å². The Hall–Kier alpha value is -3.47. The monoisotopic (exact) mass is 387 g/mol. The van der Waals surface area contributed by atoms with Crippen LogP contribution in [0.15, 0.2) is 66.7 Å². The number of fused-ring (bicyclic) bond motifs is 1. The van der Waals surface area contributed by atoms with E-state index < -0.39 is 5.41 Å². The van der Waals surface area contributed by atoms with Crippen LogP contribution in [0.1, 0.15) is 18.4 Å². The summed E-state index contributed by atoms with van der Waals surface area (Å²) in [4.78, 5) is 13.0. The van der Waals surface area contributed by atoms with Gasteiger partial charge in [-0.15, -0.1) is 0 Å². The molecule has 5 rings (SSSR count). The topological polar surface area (TPSA) is 56.8 Å². The van der Waals surface area contributed by atoms with Crippen LogP contribution in [0, 0.1) is 0 Å². The molecule has 0 aromatic heterocycles. The number of ether oxygens (including phenoxy) is 3. The lowest BCUT2D eigenvalue weighted by atomic mass is 9.94. The second-order valence-electron chi connectivity index (χ2n) is 7.38. The van der Waals surface area contributed by atoms with Gasteiger partial charge in [0.05, 0.1) is 12.5 Å². The molecule has 1 saturated carbocycles. The molecule has 0 atom stereocenters. The zero-order valence-corrected chi connectivity index (χ0v) is 16.1. The predicted octanol–water partition coefficient (Wildman–Crippen LogP) is 4.76. The number of benzene rings is 3. The molecule has 0 unspecified atom stereocenters. The molecule has 0 bridgehead atoms. The van der Waals surface area contributed by atoms with Crippen molar-refractivity contribution in [3.8, 4) is 28.4 Å². The minimum Gasteiger partial charge on any atom is -0.496 e. The smallest absolute Gasteiger partial charge is 0.235 e. The summed E-state index contributed by atoms with van der Waals surface area (Å²) in [5.41, 5.74) is 3.33. The first-order chi connectivity index (χ1) is 14.2. The van der Waals surface area contributed by atoms with Crippen LogP contribution in [0.25, 0.3) is 11.1 Å². The zero-order valence-electron chi connectivity index (χ0n) is 16.1. The fourth-order valence-corrected chi connectivity index (χ4v) is 3.83. The summed E-state index contributed by atoms with van der Waals surface area (Å²) in [5, 5.41) is 3.08. The van der Waals surface area contributed by atoms with Gasteiger partial charge in [0, 0.05) is 11.3 Å². The largest absolute Gasteiger partial charge is 0.496 e. The molecule has 0 spiro atoms. The maximum Gasteiger partial charge on any atom is 0.235 e. The van der Waals surface area contributed by atoms with Crippen LogP contribution in [-0.2, 0) is 10.2 Å². The number of carbonyl (C=O) groups excluding carboxylic acids is 1. The number of hydrogen-bond donors (Lipinski definition) is 1. The second kappa shape index (κ2) is 6.85. The lowest BCUT2D eigenvalue weighted by molar-refractivity contribution is -0.118. The van der Waals surface area contributed by atoms with Gasteiger partial charge in [0.1, 0.15) is 5.75 Å². The van der Waals surface area contributed by atoms with E-state index in [0.717, 1.165) is 46.7 Å². The van der Waals surface area contributed by atoms with Crippen molar-refractivity contribution in [3.05, 3.63) is 72.3 Å². The van der Waals surface area contributed by atoms with E-state index >= 15 is 0 Å². The zero-order chi connectivity index (χ0) is 19.8. The normalized spacial score (nSPS) is 15.6. The number of methoxy groups -OCH3 is 1. The molecular weight excluding hydrogens is 366 g/mol. The number of para-hydroxylation sites is 1. The summed E-state index contributed by atoms with van der Waals surface area (Å²) in [7, 11) is 1.67. The Labute approximate surface area is 169 Å². The number of rotatable bonds is 5. The summed E-state index contributed by atoms with van der Waals surface area (Å²) < 4.78 is 16.3. The van der Waals surface area contributed by atoms with Crippen LogP contribution in [0.3, 0.4) is 0 Å². The van der Waals surface area contributed by atoms with Gasteiger partial charge in [-0.2, -0.15) is 0 Å². The molecule has 3 aromatic rings. The van der Waals surface area contributed by atoms with Gasteiger partial charge in [-0.3, -0.25) is 4.79 Å². The molecule has 1 aliphatic carbocycles. The third kappa shape index (κ3) is 3.09. The van der Waals surface area contributed by atoms with Gasteiger partial charge in [-0.05, 0) is 54.3 Å². The van der Waals surface area contributed by atoms with E-state index in [-0.39, 0.29) is 12.7 Å². The van der Waals surface area contributed by atoms with Crippen LogP contribution in [0.2, 0.25) is 0 Å². The standard InChI is InChI=1S/C24H21NO4/c1-27-20-5-3-2-4-19(20)16-6-9-18(10-7-16)25-23(26)24(12-13-24)17-8-11-21-22(14-17)29-15-28-21/h2-11,14H,12-13,15H2,1H3,(H,25,26). The Balaban J connectivity index is 1.35. The highest BCUT2D eigenvalue weighted by Crippen LogP contribution is 2.51. The quantitative estimate of drug-likeness (QED) is 0.686. The van der Waals surface area contributed by atoms with E-state index in [1.54, 1.807) is 7.11 Å². The van der Waals surface area contributed by atoms with Crippen LogP contribution < -0.4 is 19.5 Å². The van der Waals surface area contributed by atoms with E-state index in [9.17, 15) is 4.79 Å². The highest BCUT2D eigenvalue weighted by atomic mass is 16.7. The number of nitrogens with one attached hydrogen (secondary N) is 1. The Morgan fingerprint density at radius 1 is 0.966 bits per heavy atom. The molecule has 146 valence electrons. The number of carbonyl (C=O) groups is 1. The van der Waals surface area contributed by atoms with Crippen molar-refractivity contribution in [1.82, 2.24) is 0 Å². The maximum absolute atomic E-state index is 13.0. The van der Waals surface area contributed by atoms with Gasteiger partial charge in [-0.1, -0.05) is 36.4 Å². The lowest BCUT2D eigenvalue weighted by Gasteiger charge is -2.17.